The first kappa shape index (κ1) is 16.0. The van der Waals surface area contributed by atoms with E-state index >= 15 is 0 Å². The van der Waals surface area contributed by atoms with Crippen LogP contribution in [0.1, 0.15) is 57.2 Å². The minimum atomic E-state index is 0.359. The van der Waals surface area contributed by atoms with Gasteiger partial charge < -0.3 is 11.1 Å². The highest BCUT2D eigenvalue weighted by Crippen LogP contribution is 2.29. The first-order chi connectivity index (χ1) is 10.2. The molecule has 21 heavy (non-hydrogen) atoms. The summed E-state index contributed by atoms with van der Waals surface area (Å²) in [5.74, 6) is 1.25. The second-order valence-corrected chi connectivity index (χ2v) is 6.53. The Bertz CT molecular complexity index is 565. The van der Waals surface area contributed by atoms with E-state index in [1.165, 1.54) is 43.4 Å². The lowest BCUT2D eigenvalue weighted by atomic mass is 10.1. The fourth-order valence-corrected chi connectivity index (χ4v) is 3.38. The van der Waals surface area contributed by atoms with Crippen LogP contribution in [0.25, 0.3) is 10.2 Å². The molecule has 2 heterocycles. The molecule has 2 rings (SSSR count). The lowest BCUT2D eigenvalue weighted by molar-refractivity contribution is 0.617. The predicted molar refractivity (Wildman–Crippen MR) is 93.1 cm³/mol. The molecule has 116 valence electrons. The Morgan fingerprint density at radius 3 is 2.62 bits per heavy atom. The first-order valence-corrected chi connectivity index (χ1v) is 8.86. The van der Waals surface area contributed by atoms with E-state index in [4.69, 9.17) is 5.73 Å². The SMILES string of the molecule is CCCCCCCCNc1nc(N)nc2sc(CC)cc12. The third-order valence-electron chi connectivity index (χ3n) is 3.63. The number of thiophene rings is 1. The molecule has 0 unspecified atom stereocenters. The molecule has 0 aromatic carbocycles. The van der Waals surface area contributed by atoms with E-state index in [1.54, 1.807) is 11.3 Å². The van der Waals surface area contributed by atoms with Gasteiger partial charge in [-0.3, -0.25) is 0 Å². The Morgan fingerprint density at radius 2 is 1.86 bits per heavy atom. The molecular formula is C16H26N4S. The molecule has 4 nitrogen and oxygen atoms in total. The summed E-state index contributed by atoms with van der Waals surface area (Å²) in [4.78, 5) is 11.0. The lowest BCUT2D eigenvalue weighted by Gasteiger charge is -2.07. The zero-order valence-electron chi connectivity index (χ0n) is 13.1. The maximum Gasteiger partial charge on any atom is 0.223 e. The van der Waals surface area contributed by atoms with Gasteiger partial charge in [-0.15, -0.1) is 11.3 Å². The number of rotatable bonds is 9. The summed E-state index contributed by atoms with van der Waals surface area (Å²) in [6, 6.07) is 2.18. The fourth-order valence-electron chi connectivity index (χ4n) is 2.41. The van der Waals surface area contributed by atoms with Gasteiger partial charge >= 0.3 is 0 Å². The molecule has 3 N–H and O–H groups in total. The Morgan fingerprint density at radius 1 is 1.10 bits per heavy atom. The maximum atomic E-state index is 5.81. The van der Waals surface area contributed by atoms with Crippen molar-refractivity contribution in [2.75, 3.05) is 17.6 Å². The van der Waals surface area contributed by atoms with Crippen molar-refractivity contribution >= 4 is 33.3 Å². The Labute approximate surface area is 131 Å². The number of nitrogens with two attached hydrogens (primary N) is 1. The summed E-state index contributed by atoms with van der Waals surface area (Å²) in [7, 11) is 0. The number of hydrogen-bond donors (Lipinski definition) is 2. The number of fused-ring (bicyclic) bond motifs is 1. The van der Waals surface area contributed by atoms with Crippen LogP contribution in [0.2, 0.25) is 0 Å². The molecule has 0 atom stereocenters. The molecule has 0 spiro atoms. The van der Waals surface area contributed by atoms with Crippen molar-refractivity contribution < 1.29 is 0 Å². The molecule has 0 aliphatic rings. The standard InChI is InChI=1S/C16H26N4S/c1-3-5-6-7-8-9-10-18-14-13-11-12(4-2)21-15(13)20-16(17)19-14/h11H,3-10H2,1-2H3,(H3,17,18,19,20). The van der Waals surface area contributed by atoms with Gasteiger partial charge in [0.15, 0.2) is 0 Å². The molecule has 0 fully saturated rings. The van der Waals surface area contributed by atoms with E-state index in [2.05, 4.69) is 35.2 Å². The minimum absolute atomic E-state index is 0.359. The number of anilines is 2. The molecule has 0 amide bonds. The van der Waals surface area contributed by atoms with Crippen LogP contribution >= 0.6 is 11.3 Å². The number of aromatic nitrogens is 2. The number of hydrogen-bond acceptors (Lipinski definition) is 5. The molecule has 0 saturated carbocycles. The van der Waals surface area contributed by atoms with E-state index in [0.29, 0.717) is 5.95 Å². The first-order valence-electron chi connectivity index (χ1n) is 8.04. The smallest absolute Gasteiger partial charge is 0.223 e. The Balaban J connectivity index is 1.90. The number of nitrogen functional groups attached to an aromatic ring is 1. The number of nitrogens with zero attached hydrogens (tertiary/aromatic N) is 2. The van der Waals surface area contributed by atoms with Gasteiger partial charge in [0.25, 0.3) is 0 Å². The van der Waals surface area contributed by atoms with Crippen LogP contribution in [0.5, 0.6) is 0 Å². The van der Waals surface area contributed by atoms with Crippen LogP contribution in [0.15, 0.2) is 6.07 Å². The summed E-state index contributed by atoms with van der Waals surface area (Å²) < 4.78 is 0. The maximum absolute atomic E-state index is 5.81. The van der Waals surface area contributed by atoms with Crippen molar-refractivity contribution in [3.05, 3.63) is 10.9 Å². The topological polar surface area (TPSA) is 63.8 Å². The van der Waals surface area contributed by atoms with Gasteiger partial charge in [0, 0.05) is 11.4 Å². The normalized spacial score (nSPS) is 11.1. The van der Waals surface area contributed by atoms with Crippen LogP contribution in [-0.4, -0.2) is 16.5 Å². The van der Waals surface area contributed by atoms with Crippen molar-refractivity contribution in [2.24, 2.45) is 0 Å². The number of aryl methyl sites for hydroxylation is 1. The van der Waals surface area contributed by atoms with E-state index < -0.39 is 0 Å². The largest absolute Gasteiger partial charge is 0.369 e. The van der Waals surface area contributed by atoms with Gasteiger partial charge in [0.05, 0.1) is 5.39 Å². The van der Waals surface area contributed by atoms with E-state index in [9.17, 15) is 0 Å². The van der Waals surface area contributed by atoms with Crippen LogP contribution in [0, 0.1) is 0 Å². The van der Waals surface area contributed by atoms with Gasteiger partial charge in [-0.25, -0.2) is 4.98 Å². The van der Waals surface area contributed by atoms with Crippen molar-refractivity contribution in [3.63, 3.8) is 0 Å². The Kier molecular flexibility index (Phi) is 6.23. The molecule has 0 radical (unpaired) electrons. The molecule has 5 heteroatoms. The second-order valence-electron chi connectivity index (χ2n) is 5.41. The highest BCUT2D eigenvalue weighted by Gasteiger charge is 2.09. The monoisotopic (exact) mass is 306 g/mol. The average molecular weight is 306 g/mol. The van der Waals surface area contributed by atoms with Gasteiger partial charge in [-0.05, 0) is 18.9 Å². The fraction of sp³-hybridized carbons (Fsp3) is 0.625. The van der Waals surface area contributed by atoms with Gasteiger partial charge in [-0.2, -0.15) is 4.98 Å². The molecule has 0 bridgehead atoms. The Hall–Kier alpha value is -1.36. The molecule has 2 aromatic rings. The van der Waals surface area contributed by atoms with Crippen molar-refractivity contribution in [3.8, 4) is 0 Å². The third-order valence-corrected chi connectivity index (χ3v) is 4.81. The van der Waals surface area contributed by atoms with Crippen LogP contribution < -0.4 is 11.1 Å². The zero-order valence-corrected chi connectivity index (χ0v) is 13.9. The number of nitrogens with one attached hydrogen (secondary N) is 1. The third kappa shape index (κ3) is 4.56. The van der Waals surface area contributed by atoms with E-state index in [-0.39, 0.29) is 0 Å². The van der Waals surface area contributed by atoms with Gasteiger partial charge in [0.1, 0.15) is 10.6 Å². The van der Waals surface area contributed by atoms with Gasteiger partial charge in [0.2, 0.25) is 5.95 Å². The summed E-state index contributed by atoms with van der Waals surface area (Å²) >= 11 is 1.71. The van der Waals surface area contributed by atoms with E-state index in [1.807, 2.05) is 0 Å². The predicted octanol–water partition coefficient (Wildman–Crippen LogP) is 4.61. The second kappa shape index (κ2) is 8.17. The van der Waals surface area contributed by atoms with Crippen LogP contribution in [0.4, 0.5) is 11.8 Å². The quantitative estimate of drug-likeness (QED) is 0.664. The minimum Gasteiger partial charge on any atom is -0.369 e. The van der Waals surface area contributed by atoms with Crippen molar-refractivity contribution in [1.82, 2.24) is 9.97 Å². The van der Waals surface area contributed by atoms with E-state index in [0.717, 1.165) is 29.0 Å². The summed E-state index contributed by atoms with van der Waals surface area (Å²) in [6.07, 6.45) is 8.82. The molecule has 2 aromatic heterocycles. The molecule has 0 saturated heterocycles. The summed E-state index contributed by atoms with van der Waals surface area (Å²) in [6.45, 7) is 5.36. The molecule has 0 aliphatic heterocycles. The van der Waals surface area contributed by atoms with Gasteiger partial charge in [-0.1, -0.05) is 46.0 Å². The lowest BCUT2D eigenvalue weighted by Crippen LogP contribution is -2.06. The van der Waals surface area contributed by atoms with Crippen LogP contribution in [0.3, 0.4) is 0 Å². The number of unbranched alkanes of at least 4 members (excludes halogenated alkanes) is 5. The zero-order chi connectivity index (χ0) is 15.1. The van der Waals surface area contributed by atoms with Crippen LogP contribution in [-0.2, 0) is 6.42 Å². The molecular weight excluding hydrogens is 280 g/mol. The van der Waals surface area contributed by atoms with Crippen molar-refractivity contribution in [2.45, 2.75) is 58.8 Å². The highest BCUT2D eigenvalue weighted by molar-refractivity contribution is 7.18. The summed E-state index contributed by atoms with van der Waals surface area (Å²) in [5, 5.41) is 4.54. The molecule has 0 aliphatic carbocycles. The average Bonchev–Trinajstić information content (AvgIpc) is 2.89. The highest BCUT2D eigenvalue weighted by atomic mass is 32.1. The van der Waals surface area contributed by atoms with Crippen molar-refractivity contribution in [1.29, 1.82) is 0 Å². The summed E-state index contributed by atoms with van der Waals surface area (Å²) in [5.41, 5.74) is 5.81.